The van der Waals surface area contributed by atoms with Gasteiger partial charge in [-0.25, -0.2) is 4.79 Å². The Morgan fingerprint density at radius 1 is 1.00 bits per heavy atom. The number of halogens is 1. The Bertz CT molecular complexity index is 1120. The standard InChI is InChI=1S/C23H18ClNO2/c1-27-23(26)21-15-19(24)9-8-17(21)13-16-7-10-22-18(14-16)11-12-25(22)20-5-3-2-4-6-20/h2-12,14-15H,13H2,1H3. The van der Waals surface area contributed by atoms with Crippen LogP contribution in [0.15, 0.2) is 79.0 Å². The summed E-state index contributed by atoms with van der Waals surface area (Å²) in [4.78, 5) is 12.1. The number of benzene rings is 3. The van der Waals surface area contributed by atoms with Gasteiger partial charge in [-0.1, -0.05) is 41.9 Å². The molecule has 27 heavy (non-hydrogen) atoms. The Balaban J connectivity index is 1.70. The number of hydrogen-bond acceptors (Lipinski definition) is 2. The summed E-state index contributed by atoms with van der Waals surface area (Å²) >= 11 is 6.05. The van der Waals surface area contributed by atoms with Crippen molar-refractivity contribution in [1.82, 2.24) is 4.57 Å². The maximum atomic E-state index is 12.1. The molecular formula is C23H18ClNO2. The second-order valence-corrected chi connectivity index (χ2v) is 6.82. The van der Waals surface area contributed by atoms with Crippen molar-refractivity contribution >= 4 is 28.5 Å². The van der Waals surface area contributed by atoms with Gasteiger partial charge in [0.2, 0.25) is 0 Å². The number of hydrogen-bond donors (Lipinski definition) is 0. The van der Waals surface area contributed by atoms with E-state index in [9.17, 15) is 4.79 Å². The molecule has 0 bridgehead atoms. The number of methoxy groups -OCH3 is 1. The molecule has 0 radical (unpaired) electrons. The number of carbonyl (C=O) groups is 1. The molecule has 0 atom stereocenters. The third-order valence-corrected chi connectivity index (χ3v) is 4.90. The number of rotatable bonds is 4. The number of carbonyl (C=O) groups excluding carboxylic acids is 1. The van der Waals surface area contributed by atoms with E-state index in [4.69, 9.17) is 16.3 Å². The first-order chi connectivity index (χ1) is 13.2. The van der Waals surface area contributed by atoms with Crippen LogP contribution in [0.4, 0.5) is 0 Å². The van der Waals surface area contributed by atoms with Gasteiger partial charge in [0, 0.05) is 22.3 Å². The largest absolute Gasteiger partial charge is 0.465 e. The molecule has 4 aromatic rings. The lowest BCUT2D eigenvalue weighted by molar-refractivity contribution is 0.0599. The molecule has 0 aliphatic carbocycles. The summed E-state index contributed by atoms with van der Waals surface area (Å²) in [5.74, 6) is -0.371. The minimum Gasteiger partial charge on any atom is -0.465 e. The van der Waals surface area contributed by atoms with E-state index in [1.807, 2.05) is 24.3 Å². The molecule has 0 aliphatic rings. The van der Waals surface area contributed by atoms with E-state index in [1.54, 1.807) is 12.1 Å². The van der Waals surface area contributed by atoms with E-state index in [0.29, 0.717) is 17.0 Å². The zero-order chi connectivity index (χ0) is 18.8. The normalized spacial score (nSPS) is 10.9. The van der Waals surface area contributed by atoms with Gasteiger partial charge in [0.25, 0.3) is 0 Å². The van der Waals surface area contributed by atoms with Gasteiger partial charge in [0.1, 0.15) is 0 Å². The van der Waals surface area contributed by atoms with Crippen LogP contribution in [-0.2, 0) is 11.2 Å². The smallest absolute Gasteiger partial charge is 0.338 e. The fourth-order valence-corrected chi connectivity index (χ4v) is 3.51. The summed E-state index contributed by atoms with van der Waals surface area (Å²) in [6.07, 6.45) is 2.71. The van der Waals surface area contributed by atoms with Crippen LogP contribution >= 0.6 is 11.6 Å². The molecule has 0 fully saturated rings. The predicted octanol–water partition coefficient (Wildman–Crippen LogP) is 5.66. The fraction of sp³-hybridized carbons (Fsp3) is 0.0870. The molecule has 3 aromatic carbocycles. The lowest BCUT2D eigenvalue weighted by Crippen LogP contribution is -2.06. The van der Waals surface area contributed by atoms with Crippen molar-refractivity contribution in [2.24, 2.45) is 0 Å². The van der Waals surface area contributed by atoms with Gasteiger partial charge in [0.05, 0.1) is 18.2 Å². The minimum absolute atomic E-state index is 0.371. The van der Waals surface area contributed by atoms with Crippen molar-refractivity contribution in [2.75, 3.05) is 7.11 Å². The van der Waals surface area contributed by atoms with Crippen molar-refractivity contribution in [2.45, 2.75) is 6.42 Å². The SMILES string of the molecule is COC(=O)c1cc(Cl)ccc1Cc1ccc2c(ccn2-c2ccccc2)c1. The molecule has 0 amide bonds. The Hall–Kier alpha value is -3.04. The van der Waals surface area contributed by atoms with Crippen LogP contribution in [0.25, 0.3) is 16.6 Å². The van der Waals surface area contributed by atoms with Crippen molar-refractivity contribution in [3.63, 3.8) is 0 Å². The highest BCUT2D eigenvalue weighted by Crippen LogP contribution is 2.25. The van der Waals surface area contributed by atoms with Crippen LogP contribution in [0.2, 0.25) is 5.02 Å². The fourth-order valence-electron chi connectivity index (χ4n) is 3.34. The first-order valence-corrected chi connectivity index (χ1v) is 9.05. The summed E-state index contributed by atoms with van der Waals surface area (Å²) in [5.41, 5.74) is 4.81. The summed E-state index contributed by atoms with van der Waals surface area (Å²) in [6, 6.07) is 24.1. The monoisotopic (exact) mass is 375 g/mol. The van der Waals surface area contributed by atoms with Crippen LogP contribution < -0.4 is 0 Å². The molecule has 4 heteroatoms. The van der Waals surface area contributed by atoms with Crippen LogP contribution in [0.5, 0.6) is 0 Å². The summed E-state index contributed by atoms with van der Waals surface area (Å²) < 4.78 is 7.06. The maximum Gasteiger partial charge on any atom is 0.338 e. The molecular weight excluding hydrogens is 358 g/mol. The van der Waals surface area contributed by atoms with Gasteiger partial charge in [-0.3, -0.25) is 0 Å². The van der Waals surface area contributed by atoms with Crippen molar-refractivity contribution in [1.29, 1.82) is 0 Å². The average molecular weight is 376 g/mol. The number of esters is 1. The molecule has 1 heterocycles. The first-order valence-electron chi connectivity index (χ1n) is 8.68. The van der Waals surface area contributed by atoms with E-state index in [0.717, 1.165) is 27.7 Å². The molecule has 134 valence electrons. The van der Waals surface area contributed by atoms with Crippen LogP contribution in [0.1, 0.15) is 21.5 Å². The summed E-state index contributed by atoms with van der Waals surface area (Å²) in [6.45, 7) is 0. The lowest BCUT2D eigenvalue weighted by Gasteiger charge is -2.10. The van der Waals surface area contributed by atoms with Gasteiger partial charge in [-0.05, 0) is 60.0 Å². The van der Waals surface area contributed by atoms with Crippen molar-refractivity contribution in [3.8, 4) is 5.69 Å². The van der Waals surface area contributed by atoms with Crippen LogP contribution in [-0.4, -0.2) is 17.6 Å². The van der Waals surface area contributed by atoms with E-state index in [-0.39, 0.29) is 5.97 Å². The zero-order valence-electron chi connectivity index (χ0n) is 14.9. The Morgan fingerprint density at radius 2 is 1.81 bits per heavy atom. The highest BCUT2D eigenvalue weighted by molar-refractivity contribution is 6.31. The van der Waals surface area contributed by atoms with Gasteiger partial charge in [-0.2, -0.15) is 0 Å². The average Bonchev–Trinajstić information content (AvgIpc) is 3.12. The number of nitrogens with zero attached hydrogens (tertiary/aromatic N) is 1. The van der Waals surface area contributed by atoms with E-state index in [1.165, 1.54) is 7.11 Å². The molecule has 4 rings (SSSR count). The second kappa shape index (κ2) is 7.29. The Morgan fingerprint density at radius 3 is 2.59 bits per heavy atom. The molecule has 0 saturated carbocycles. The Kier molecular flexibility index (Phi) is 4.69. The van der Waals surface area contributed by atoms with E-state index >= 15 is 0 Å². The highest BCUT2D eigenvalue weighted by atomic mass is 35.5. The molecule has 0 unspecified atom stereocenters. The molecule has 0 spiro atoms. The molecule has 1 aromatic heterocycles. The van der Waals surface area contributed by atoms with Crippen molar-refractivity contribution in [3.05, 3.63) is 101 Å². The third-order valence-electron chi connectivity index (χ3n) is 4.66. The lowest BCUT2D eigenvalue weighted by atomic mass is 9.99. The minimum atomic E-state index is -0.371. The number of para-hydroxylation sites is 1. The van der Waals surface area contributed by atoms with Gasteiger partial charge in [0.15, 0.2) is 0 Å². The number of aromatic nitrogens is 1. The first kappa shape index (κ1) is 17.4. The molecule has 3 nitrogen and oxygen atoms in total. The quantitative estimate of drug-likeness (QED) is 0.431. The van der Waals surface area contributed by atoms with Gasteiger partial charge >= 0.3 is 5.97 Å². The third kappa shape index (κ3) is 3.46. The molecule has 0 N–H and O–H groups in total. The van der Waals surface area contributed by atoms with E-state index in [2.05, 4.69) is 47.2 Å². The molecule has 0 saturated heterocycles. The second-order valence-electron chi connectivity index (χ2n) is 6.38. The zero-order valence-corrected chi connectivity index (χ0v) is 15.6. The van der Waals surface area contributed by atoms with Gasteiger partial charge in [-0.15, -0.1) is 0 Å². The summed E-state index contributed by atoms with van der Waals surface area (Å²) in [7, 11) is 1.38. The van der Waals surface area contributed by atoms with E-state index < -0.39 is 0 Å². The van der Waals surface area contributed by atoms with Crippen molar-refractivity contribution < 1.29 is 9.53 Å². The topological polar surface area (TPSA) is 31.2 Å². The number of ether oxygens (including phenoxy) is 1. The van der Waals surface area contributed by atoms with Gasteiger partial charge < -0.3 is 9.30 Å². The summed E-state index contributed by atoms with van der Waals surface area (Å²) in [5, 5.41) is 1.68. The Labute approximate surface area is 162 Å². The molecule has 0 aliphatic heterocycles. The maximum absolute atomic E-state index is 12.1. The van der Waals surface area contributed by atoms with Crippen LogP contribution in [0, 0.1) is 0 Å². The highest BCUT2D eigenvalue weighted by Gasteiger charge is 2.13. The predicted molar refractivity (Wildman–Crippen MR) is 109 cm³/mol. The number of fused-ring (bicyclic) bond motifs is 1. The van der Waals surface area contributed by atoms with Crippen LogP contribution in [0.3, 0.4) is 0 Å².